The van der Waals surface area contributed by atoms with Crippen molar-refractivity contribution in [3.05, 3.63) is 59.2 Å². The van der Waals surface area contributed by atoms with Gasteiger partial charge < -0.3 is 9.47 Å². The highest BCUT2D eigenvalue weighted by Gasteiger charge is 2.31. The highest BCUT2D eigenvalue weighted by molar-refractivity contribution is 5.35. The Hall–Kier alpha value is -2.24. The third-order valence-electron chi connectivity index (χ3n) is 3.33. The fourth-order valence-corrected chi connectivity index (χ4v) is 2.13. The van der Waals surface area contributed by atoms with Crippen LogP contribution in [-0.4, -0.2) is 19.1 Å². The van der Waals surface area contributed by atoms with Crippen LogP contribution in [0.5, 0.6) is 11.5 Å². The molecule has 6 heteroatoms. The third kappa shape index (κ3) is 4.63. The molecule has 0 aromatic heterocycles. The molecule has 24 heavy (non-hydrogen) atoms. The van der Waals surface area contributed by atoms with Gasteiger partial charge in [0.05, 0.1) is 6.61 Å². The van der Waals surface area contributed by atoms with E-state index >= 15 is 0 Å². The van der Waals surface area contributed by atoms with Crippen molar-refractivity contribution in [2.24, 2.45) is 0 Å². The Morgan fingerprint density at radius 2 is 1.42 bits per heavy atom. The SMILES string of the molecule is CCOc1ccc(OCC(F)(F)Cc2ccc(C)cc2)c(F)c1F. The summed E-state index contributed by atoms with van der Waals surface area (Å²) in [6.45, 7) is 2.58. The van der Waals surface area contributed by atoms with Gasteiger partial charge in [-0.3, -0.25) is 0 Å². The number of rotatable bonds is 7. The molecular formula is C18H18F4O2. The van der Waals surface area contributed by atoms with E-state index in [0.717, 1.165) is 17.7 Å². The van der Waals surface area contributed by atoms with Crippen molar-refractivity contribution in [1.29, 1.82) is 0 Å². The lowest BCUT2D eigenvalue weighted by atomic mass is 10.1. The summed E-state index contributed by atoms with van der Waals surface area (Å²) in [5.41, 5.74) is 1.40. The highest BCUT2D eigenvalue weighted by atomic mass is 19.3. The molecule has 0 atom stereocenters. The molecule has 2 aromatic carbocycles. The summed E-state index contributed by atoms with van der Waals surface area (Å²) >= 11 is 0. The second kappa shape index (κ2) is 7.55. The van der Waals surface area contributed by atoms with Crippen LogP contribution in [0.15, 0.2) is 36.4 Å². The van der Waals surface area contributed by atoms with Gasteiger partial charge in [0.2, 0.25) is 11.6 Å². The van der Waals surface area contributed by atoms with Gasteiger partial charge in [0.15, 0.2) is 18.1 Å². The summed E-state index contributed by atoms with van der Waals surface area (Å²) in [7, 11) is 0. The van der Waals surface area contributed by atoms with Gasteiger partial charge in [-0.1, -0.05) is 29.8 Å². The first-order valence-electron chi connectivity index (χ1n) is 7.49. The van der Waals surface area contributed by atoms with E-state index in [2.05, 4.69) is 0 Å². The summed E-state index contributed by atoms with van der Waals surface area (Å²) < 4.78 is 65.1. The molecule has 0 saturated heterocycles. The molecule has 0 amide bonds. The number of ether oxygens (including phenoxy) is 2. The lowest BCUT2D eigenvalue weighted by molar-refractivity contribution is -0.0410. The van der Waals surface area contributed by atoms with Crippen LogP contribution in [0.25, 0.3) is 0 Å². The molecule has 0 bridgehead atoms. The van der Waals surface area contributed by atoms with E-state index in [1.54, 1.807) is 31.2 Å². The van der Waals surface area contributed by atoms with Crippen LogP contribution >= 0.6 is 0 Å². The molecule has 0 aliphatic carbocycles. The molecule has 0 fully saturated rings. The number of alkyl halides is 2. The summed E-state index contributed by atoms with van der Waals surface area (Å²) in [6.07, 6.45) is -0.547. The van der Waals surface area contributed by atoms with Crippen LogP contribution < -0.4 is 9.47 Å². The molecule has 130 valence electrons. The first kappa shape index (κ1) is 18.1. The third-order valence-corrected chi connectivity index (χ3v) is 3.33. The minimum Gasteiger partial charge on any atom is -0.491 e. The molecule has 0 spiro atoms. The molecule has 0 unspecified atom stereocenters. The van der Waals surface area contributed by atoms with E-state index < -0.39 is 36.3 Å². The van der Waals surface area contributed by atoms with Gasteiger partial charge in [-0.2, -0.15) is 8.78 Å². The summed E-state index contributed by atoms with van der Waals surface area (Å²) in [5.74, 6) is -6.66. The van der Waals surface area contributed by atoms with Crippen molar-refractivity contribution in [3.8, 4) is 11.5 Å². The van der Waals surface area contributed by atoms with Gasteiger partial charge in [-0.25, -0.2) is 8.78 Å². The average molecular weight is 342 g/mol. The Balaban J connectivity index is 2.03. The fraction of sp³-hybridized carbons (Fsp3) is 0.333. The predicted molar refractivity (Wildman–Crippen MR) is 82.9 cm³/mol. The van der Waals surface area contributed by atoms with Crippen LogP contribution in [-0.2, 0) is 6.42 Å². The second-order valence-electron chi connectivity index (χ2n) is 5.43. The smallest absolute Gasteiger partial charge is 0.285 e. The molecule has 2 nitrogen and oxygen atoms in total. The van der Waals surface area contributed by atoms with Gasteiger partial charge in [0, 0.05) is 6.42 Å². The maximum atomic E-state index is 14.0. The molecule has 0 radical (unpaired) electrons. The van der Waals surface area contributed by atoms with Crippen LogP contribution in [0.3, 0.4) is 0 Å². The summed E-state index contributed by atoms with van der Waals surface area (Å²) in [6, 6.07) is 8.88. The second-order valence-corrected chi connectivity index (χ2v) is 5.43. The van der Waals surface area contributed by atoms with Crippen LogP contribution in [0, 0.1) is 18.6 Å². The van der Waals surface area contributed by atoms with Crippen molar-refractivity contribution < 1.29 is 27.0 Å². The maximum Gasteiger partial charge on any atom is 0.285 e. The fourth-order valence-electron chi connectivity index (χ4n) is 2.13. The summed E-state index contributed by atoms with van der Waals surface area (Å²) in [5, 5.41) is 0. The minimum absolute atomic E-state index is 0.158. The van der Waals surface area contributed by atoms with E-state index in [1.807, 2.05) is 6.92 Å². The number of aryl methyl sites for hydroxylation is 1. The van der Waals surface area contributed by atoms with Gasteiger partial charge in [0.1, 0.15) is 0 Å². The van der Waals surface area contributed by atoms with Gasteiger partial charge in [-0.05, 0) is 31.5 Å². The van der Waals surface area contributed by atoms with E-state index in [9.17, 15) is 17.6 Å². The molecule has 2 rings (SSSR count). The molecule has 0 aliphatic rings. The first-order chi connectivity index (χ1) is 11.3. The Kier molecular flexibility index (Phi) is 5.70. The van der Waals surface area contributed by atoms with Gasteiger partial charge in [0.25, 0.3) is 5.92 Å². The van der Waals surface area contributed by atoms with Crippen molar-refractivity contribution in [2.45, 2.75) is 26.2 Å². The van der Waals surface area contributed by atoms with Crippen molar-refractivity contribution in [1.82, 2.24) is 0 Å². The molecule has 0 heterocycles. The maximum absolute atomic E-state index is 14.0. The lowest BCUT2D eigenvalue weighted by Crippen LogP contribution is -2.28. The number of benzene rings is 2. The van der Waals surface area contributed by atoms with Crippen LogP contribution in [0.1, 0.15) is 18.1 Å². The predicted octanol–water partition coefficient (Wildman–Crippen LogP) is 4.93. The highest BCUT2D eigenvalue weighted by Crippen LogP contribution is 2.29. The monoisotopic (exact) mass is 342 g/mol. The Labute approximate surface area is 138 Å². The van der Waals surface area contributed by atoms with Crippen molar-refractivity contribution >= 4 is 0 Å². The number of hydrogen-bond acceptors (Lipinski definition) is 2. The first-order valence-corrected chi connectivity index (χ1v) is 7.49. The molecule has 0 saturated carbocycles. The van der Waals surface area contributed by atoms with Crippen LogP contribution in [0.2, 0.25) is 0 Å². The topological polar surface area (TPSA) is 18.5 Å². The molecule has 0 aliphatic heterocycles. The number of hydrogen-bond donors (Lipinski definition) is 0. The molecule has 2 aromatic rings. The largest absolute Gasteiger partial charge is 0.491 e. The van der Waals surface area contributed by atoms with Crippen LogP contribution in [0.4, 0.5) is 17.6 Å². The quantitative estimate of drug-likeness (QED) is 0.664. The van der Waals surface area contributed by atoms with Gasteiger partial charge in [-0.15, -0.1) is 0 Å². The van der Waals surface area contributed by atoms with Crippen molar-refractivity contribution in [3.63, 3.8) is 0 Å². The van der Waals surface area contributed by atoms with Gasteiger partial charge >= 0.3 is 0 Å². The van der Waals surface area contributed by atoms with E-state index in [0.29, 0.717) is 5.56 Å². The van der Waals surface area contributed by atoms with E-state index in [4.69, 9.17) is 9.47 Å². The van der Waals surface area contributed by atoms with Crippen molar-refractivity contribution in [2.75, 3.05) is 13.2 Å². The lowest BCUT2D eigenvalue weighted by Gasteiger charge is -2.18. The Bertz CT molecular complexity index is 684. The number of halogens is 4. The van der Waals surface area contributed by atoms with E-state index in [-0.39, 0.29) is 12.4 Å². The zero-order valence-corrected chi connectivity index (χ0v) is 13.4. The molecule has 0 N–H and O–H groups in total. The van der Waals surface area contributed by atoms with E-state index in [1.165, 1.54) is 0 Å². The zero-order valence-electron chi connectivity index (χ0n) is 13.4. The normalized spacial score (nSPS) is 11.4. The standard InChI is InChI=1S/C18H18F4O2/c1-3-23-14-8-9-15(17(20)16(14)19)24-11-18(21,22)10-13-6-4-12(2)5-7-13/h4-9H,3,10-11H2,1-2H3. The Morgan fingerprint density at radius 1 is 0.875 bits per heavy atom. The Morgan fingerprint density at radius 3 is 1.96 bits per heavy atom. The average Bonchev–Trinajstić information content (AvgIpc) is 2.53. The minimum atomic E-state index is -3.21. The summed E-state index contributed by atoms with van der Waals surface area (Å²) in [4.78, 5) is 0. The molecular weight excluding hydrogens is 324 g/mol. The zero-order chi connectivity index (χ0) is 17.7.